The van der Waals surface area contributed by atoms with Gasteiger partial charge in [-0.1, -0.05) is 30.0 Å². The smallest absolute Gasteiger partial charge is 0.240 e. The molecule has 4 rings (SSSR count). The van der Waals surface area contributed by atoms with Gasteiger partial charge in [-0.3, -0.25) is 4.79 Å². The maximum absolute atomic E-state index is 13.2. The number of sulfonamides is 1. The largest absolute Gasteiger partial charge is 0.319 e. The minimum absolute atomic E-state index is 0.0290. The zero-order chi connectivity index (χ0) is 21.5. The summed E-state index contributed by atoms with van der Waals surface area (Å²) in [6.45, 7) is 5.25. The number of fused-ring (bicyclic) bond motifs is 2. The second kappa shape index (κ2) is 8.05. The Balaban J connectivity index is 1.63. The van der Waals surface area contributed by atoms with Crippen molar-refractivity contribution >= 4 is 44.4 Å². The van der Waals surface area contributed by atoms with Gasteiger partial charge >= 0.3 is 0 Å². The minimum Gasteiger partial charge on any atom is -0.319 e. The van der Waals surface area contributed by atoms with E-state index >= 15 is 0 Å². The zero-order valence-electron chi connectivity index (χ0n) is 16.9. The lowest BCUT2D eigenvalue weighted by Gasteiger charge is -2.31. The van der Waals surface area contributed by atoms with Gasteiger partial charge in [-0.25, -0.2) is 18.5 Å². The molecule has 0 saturated carbocycles. The van der Waals surface area contributed by atoms with E-state index in [1.807, 2.05) is 41.5 Å². The second-order valence-electron chi connectivity index (χ2n) is 7.32. The van der Waals surface area contributed by atoms with E-state index in [-0.39, 0.29) is 16.1 Å². The molecule has 30 heavy (non-hydrogen) atoms. The molecule has 3 aromatic rings. The highest BCUT2D eigenvalue weighted by atomic mass is 32.2. The van der Waals surface area contributed by atoms with Gasteiger partial charge in [0.15, 0.2) is 5.16 Å². The molecule has 1 aliphatic rings. The molecule has 2 aromatic carbocycles. The lowest BCUT2D eigenvalue weighted by atomic mass is 10.0. The zero-order valence-corrected chi connectivity index (χ0v) is 18.5. The third kappa shape index (κ3) is 3.84. The van der Waals surface area contributed by atoms with E-state index in [4.69, 9.17) is 5.14 Å². The Morgan fingerprint density at radius 3 is 2.77 bits per heavy atom. The monoisotopic (exact) mass is 444 g/mol. The van der Waals surface area contributed by atoms with Crippen LogP contribution in [0.2, 0.25) is 0 Å². The van der Waals surface area contributed by atoms with Crippen LogP contribution >= 0.6 is 11.8 Å². The Labute approximate surface area is 180 Å². The number of imidazole rings is 1. The number of carbonyl (C=O) groups is 1. The lowest BCUT2D eigenvalue weighted by molar-refractivity contribution is -0.117. The number of anilines is 1. The number of aryl methyl sites for hydroxylation is 2. The molecule has 1 atom stereocenters. The van der Waals surface area contributed by atoms with Gasteiger partial charge in [-0.05, 0) is 56.5 Å². The first-order chi connectivity index (χ1) is 14.3. The van der Waals surface area contributed by atoms with Crippen LogP contribution in [0.3, 0.4) is 0 Å². The van der Waals surface area contributed by atoms with E-state index in [1.54, 1.807) is 6.07 Å². The quantitative estimate of drug-likeness (QED) is 0.610. The van der Waals surface area contributed by atoms with Crippen molar-refractivity contribution in [1.29, 1.82) is 0 Å². The van der Waals surface area contributed by atoms with E-state index in [2.05, 4.69) is 11.1 Å². The molecule has 0 fully saturated rings. The third-order valence-electron chi connectivity index (χ3n) is 5.34. The molecule has 9 heteroatoms. The van der Waals surface area contributed by atoms with Gasteiger partial charge in [0.25, 0.3) is 0 Å². The molecule has 0 saturated heterocycles. The van der Waals surface area contributed by atoms with Crippen LogP contribution in [0.25, 0.3) is 11.0 Å². The second-order valence-corrected chi connectivity index (χ2v) is 10.2. The van der Waals surface area contributed by atoms with Crippen molar-refractivity contribution in [3.63, 3.8) is 0 Å². The van der Waals surface area contributed by atoms with Crippen LogP contribution in [-0.2, 0) is 27.8 Å². The molecule has 1 aromatic heterocycles. The fourth-order valence-electron chi connectivity index (χ4n) is 3.85. The van der Waals surface area contributed by atoms with Gasteiger partial charge in [0.1, 0.15) is 0 Å². The number of primary sulfonamides is 1. The van der Waals surface area contributed by atoms with E-state index in [0.29, 0.717) is 23.8 Å². The molecule has 7 nitrogen and oxygen atoms in total. The number of para-hydroxylation sites is 1. The highest BCUT2D eigenvalue weighted by Crippen LogP contribution is 2.32. The molecular weight excluding hydrogens is 420 g/mol. The maximum Gasteiger partial charge on any atom is 0.240 e. The summed E-state index contributed by atoms with van der Waals surface area (Å²) in [5.74, 6) is 0.0482. The summed E-state index contributed by atoms with van der Waals surface area (Å²) < 4.78 is 25.3. The third-order valence-corrected chi connectivity index (χ3v) is 7.32. The number of hydrogen-bond donors (Lipinski definition) is 1. The lowest BCUT2D eigenvalue weighted by Crippen LogP contribution is -2.40. The van der Waals surface area contributed by atoms with Crippen LogP contribution in [-0.4, -0.2) is 35.7 Å². The Morgan fingerprint density at radius 1 is 1.27 bits per heavy atom. The molecule has 158 valence electrons. The first-order valence-electron chi connectivity index (χ1n) is 9.88. The number of hydrogen-bond acceptors (Lipinski definition) is 5. The Morgan fingerprint density at radius 2 is 2.03 bits per heavy atom. The average Bonchev–Trinajstić information content (AvgIpc) is 3.08. The van der Waals surface area contributed by atoms with Crippen LogP contribution in [0.4, 0.5) is 5.69 Å². The minimum atomic E-state index is -3.80. The summed E-state index contributed by atoms with van der Waals surface area (Å²) in [7, 11) is -3.80. The van der Waals surface area contributed by atoms with Crippen molar-refractivity contribution in [2.75, 3.05) is 11.4 Å². The Hall–Kier alpha value is -2.36. The predicted molar refractivity (Wildman–Crippen MR) is 119 cm³/mol. The van der Waals surface area contributed by atoms with E-state index < -0.39 is 10.0 Å². The van der Waals surface area contributed by atoms with Crippen molar-refractivity contribution in [2.24, 2.45) is 5.14 Å². The number of benzene rings is 2. The summed E-state index contributed by atoms with van der Waals surface area (Å²) in [4.78, 5) is 19.7. The van der Waals surface area contributed by atoms with Crippen LogP contribution in [0.1, 0.15) is 25.8 Å². The predicted octanol–water partition coefficient (Wildman–Crippen LogP) is 3.16. The number of amides is 1. The fourth-order valence-corrected chi connectivity index (χ4v) is 5.43. The van der Waals surface area contributed by atoms with Gasteiger partial charge in [0.05, 0.1) is 21.2 Å². The summed E-state index contributed by atoms with van der Waals surface area (Å²) >= 11 is 1.39. The van der Waals surface area contributed by atoms with Gasteiger partial charge in [-0.2, -0.15) is 0 Å². The molecule has 1 aliphatic heterocycles. The maximum atomic E-state index is 13.2. The van der Waals surface area contributed by atoms with E-state index in [9.17, 15) is 13.2 Å². The number of nitrogens with two attached hydrogens (primary N) is 1. The van der Waals surface area contributed by atoms with Crippen LogP contribution in [0.15, 0.2) is 52.5 Å². The van der Waals surface area contributed by atoms with Gasteiger partial charge < -0.3 is 9.47 Å². The molecule has 0 spiro atoms. The molecule has 2 heterocycles. The van der Waals surface area contributed by atoms with Crippen molar-refractivity contribution < 1.29 is 13.2 Å². The fraction of sp³-hybridized carbons (Fsp3) is 0.333. The Kier molecular flexibility index (Phi) is 5.61. The summed E-state index contributed by atoms with van der Waals surface area (Å²) in [5, 5.41) is 5.60. The molecule has 0 aliphatic carbocycles. The highest BCUT2D eigenvalue weighted by Gasteiger charge is 2.28. The van der Waals surface area contributed by atoms with Crippen LogP contribution in [0.5, 0.6) is 0 Å². The number of thioether (sulfide) groups is 1. The van der Waals surface area contributed by atoms with Gasteiger partial charge in [0.2, 0.25) is 15.9 Å². The van der Waals surface area contributed by atoms with E-state index in [1.165, 1.54) is 29.5 Å². The van der Waals surface area contributed by atoms with Crippen molar-refractivity contribution in [1.82, 2.24) is 9.55 Å². The SMILES string of the molecule is CCn1c(SC(C)C(=O)N2CCCc3ccccc32)nc2cc(S(N)(=O)=O)ccc21. The van der Waals surface area contributed by atoms with Crippen molar-refractivity contribution in [3.8, 4) is 0 Å². The number of carbonyl (C=O) groups excluding carboxylic acids is 1. The molecule has 1 amide bonds. The number of aromatic nitrogens is 2. The summed E-state index contributed by atoms with van der Waals surface area (Å²) in [6, 6.07) is 12.7. The van der Waals surface area contributed by atoms with Crippen molar-refractivity contribution in [2.45, 2.75) is 48.5 Å². The Bertz CT molecular complexity index is 1220. The van der Waals surface area contributed by atoms with Crippen molar-refractivity contribution in [3.05, 3.63) is 48.0 Å². The molecular formula is C21H24N4O3S2. The molecule has 2 N–H and O–H groups in total. The topological polar surface area (TPSA) is 98.3 Å². The highest BCUT2D eigenvalue weighted by molar-refractivity contribution is 8.00. The van der Waals surface area contributed by atoms with Crippen LogP contribution in [0, 0.1) is 0 Å². The summed E-state index contributed by atoms with van der Waals surface area (Å²) in [5.41, 5.74) is 3.55. The average molecular weight is 445 g/mol. The van der Waals surface area contributed by atoms with Gasteiger partial charge in [-0.15, -0.1) is 0 Å². The summed E-state index contributed by atoms with van der Waals surface area (Å²) in [6.07, 6.45) is 1.93. The normalized spacial score (nSPS) is 15.2. The standard InChI is InChI=1S/C21H24N4O3S2/c1-3-24-19-11-10-16(30(22,27)28)13-17(19)23-21(24)29-14(2)20(26)25-12-6-8-15-7-4-5-9-18(15)25/h4-5,7,9-11,13-14H,3,6,8,12H2,1-2H3,(H2,22,27,28). The van der Waals surface area contributed by atoms with Gasteiger partial charge in [0, 0.05) is 18.8 Å². The first-order valence-corrected chi connectivity index (χ1v) is 12.3. The molecule has 0 bridgehead atoms. The number of nitrogens with zero attached hydrogens (tertiary/aromatic N) is 3. The molecule has 1 unspecified atom stereocenters. The van der Waals surface area contributed by atoms with E-state index in [0.717, 1.165) is 24.0 Å². The first kappa shape index (κ1) is 20.9. The molecule has 0 radical (unpaired) electrons. The van der Waals surface area contributed by atoms with Crippen LogP contribution < -0.4 is 10.0 Å². The number of rotatable bonds is 5.